The molecule has 1 fully saturated rings. The lowest BCUT2D eigenvalue weighted by atomic mass is 10.2. The third-order valence-corrected chi connectivity index (χ3v) is 5.24. The van der Waals surface area contributed by atoms with Gasteiger partial charge < -0.3 is 10.2 Å². The van der Waals surface area contributed by atoms with Gasteiger partial charge in [-0.05, 0) is 48.4 Å². The first kappa shape index (κ1) is 18.5. The molecule has 1 saturated heterocycles. The first-order chi connectivity index (χ1) is 12.6. The number of anilines is 1. The highest BCUT2D eigenvalue weighted by atomic mass is 32.2. The number of carbonyl (C=O) groups is 2. The summed E-state index contributed by atoms with van der Waals surface area (Å²) in [6.45, 7) is 1.24. The SMILES string of the molecule is O=C(CCSc1ccc(F)cc1)NCc1ccc(N2CCCC2=O)cc1. The van der Waals surface area contributed by atoms with Gasteiger partial charge in [-0.25, -0.2) is 4.39 Å². The fourth-order valence-corrected chi connectivity index (χ4v) is 3.65. The average molecular weight is 372 g/mol. The predicted octanol–water partition coefficient (Wildman–Crippen LogP) is 3.75. The highest BCUT2D eigenvalue weighted by Crippen LogP contribution is 2.22. The van der Waals surface area contributed by atoms with Crippen LogP contribution in [0, 0.1) is 5.82 Å². The molecule has 1 aliphatic heterocycles. The van der Waals surface area contributed by atoms with Crippen molar-refractivity contribution in [2.24, 2.45) is 0 Å². The fourth-order valence-electron chi connectivity index (χ4n) is 2.80. The number of rotatable bonds is 7. The summed E-state index contributed by atoms with van der Waals surface area (Å²) in [5.74, 6) is 0.545. The van der Waals surface area contributed by atoms with Crippen LogP contribution in [0.15, 0.2) is 53.4 Å². The minimum atomic E-state index is -0.257. The Bertz CT molecular complexity index is 762. The van der Waals surface area contributed by atoms with Crippen LogP contribution in [0.2, 0.25) is 0 Å². The van der Waals surface area contributed by atoms with Crippen molar-refractivity contribution in [3.63, 3.8) is 0 Å². The highest BCUT2D eigenvalue weighted by molar-refractivity contribution is 7.99. The lowest BCUT2D eigenvalue weighted by molar-refractivity contribution is -0.121. The molecule has 1 aliphatic rings. The molecule has 0 atom stereocenters. The molecule has 2 aromatic carbocycles. The molecular weight excluding hydrogens is 351 g/mol. The zero-order valence-electron chi connectivity index (χ0n) is 14.4. The normalized spacial score (nSPS) is 13.9. The third-order valence-electron chi connectivity index (χ3n) is 4.22. The second-order valence-electron chi connectivity index (χ2n) is 6.14. The molecule has 0 bridgehead atoms. The Kier molecular flexibility index (Phi) is 6.28. The van der Waals surface area contributed by atoms with Crippen LogP contribution in [-0.2, 0) is 16.1 Å². The van der Waals surface area contributed by atoms with Crippen molar-refractivity contribution in [3.8, 4) is 0 Å². The molecule has 1 N–H and O–H groups in total. The Morgan fingerprint density at radius 3 is 2.50 bits per heavy atom. The minimum absolute atomic E-state index is 0.0154. The molecule has 3 rings (SSSR count). The number of benzene rings is 2. The monoisotopic (exact) mass is 372 g/mol. The number of nitrogens with one attached hydrogen (secondary N) is 1. The van der Waals surface area contributed by atoms with Gasteiger partial charge in [-0.1, -0.05) is 12.1 Å². The first-order valence-electron chi connectivity index (χ1n) is 8.66. The Morgan fingerprint density at radius 1 is 1.12 bits per heavy atom. The van der Waals surface area contributed by atoms with Gasteiger partial charge in [0, 0.05) is 42.3 Å². The molecule has 6 heteroatoms. The summed E-state index contributed by atoms with van der Waals surface area (Å²) >= 11 is 1.53. The van der Waals surface area contributed by atoms with Gasteiger partial charge in [-0.3, -0.25) is 9.59 Å². The summed E-state index contributed by atoms with van der Waals surface area (Å²) in [6.07, 6.45) is 1.93. The largest absolute Gasteiger partial charge is 0.352 e. The molecule has 0 spiro atoms. The van der Waals surface area contributed by atoms with Crippen molar-refractivity contribution < 1.29 is 14.0 Å². The molecule has 2 amide bonds. The van der Waals surface area contributed by atoms with Gasteiger partial charge in [0.25, 0.3) is 0 Å². The molecule has 0 aromatic heterocycles. The van der Waals surface area contributed by atoms with Gasteiger partial charge in [0.15, 0.2) is 0 Å². The molecule has 136 valence electrons. The standard InChI is InChI=1S/C20H21FN2O2S/c21-16-5-9-18(10-6-16)26-13-11-19(24)22-14-15-3-7-17(8-4-15)23-12-1-2-20(23)25/h3-10H,1-2,11-14H2,(H,22,24). The quantitative estimate of drug-likeness (QED) is 0.753. The lowest BCUT2D eigenvalue weighted by Gasteiger charge is -2.16. The van der Waals surface area contributed by atoms with Crippen molar-refractivity contribution in [2.75, 3.05) is 17.2 Å². The van der Waals surface area contributed by atoms with E-state index in [1.165, 1.54) is 23.9 Å². The number of amides is 2. The average Bonchev–Trinajstić information content (AvgIpc) is 3.08. The maximum absolute atomic E-state index is 12.8. The summed E-state index contributed by atoms with van der Waals surface area (Å²) in [5.41, 5.74) is 1.92. The molecule has 26 heavy (non-hydrogen) atoms. The maximum Gasteiger partial charge on any atom is 0.227 e. The van der Waals surface area contributed by atoms with Crippen LogP contribution in [0.4, 0.5) is 10.1 Å². The van der Waals surface area contributed by atoms with E-state index in [2.05, 4.69) is 5.32 Å². The molecular formula is C20H21FN2O2S. The van der Waals surface area contributed by atoms with Gasteiger partial charge in [-0.15, -0.1) is 11.8 Å². The fraction of sp³-hybridized carbons (Fsp3) is 0.300. The van der Waals surface area contributed by atoms with Crippen LogP contribution in [0.3, 0.4) is 0 Å². The van der Waals surface area contributed by atoms with Crippen molar-refractivity contribution in [2.45, 2.75) is 30.7 Å². The van der Waals surface area contributed by atoms with Crippen LogP contribution in [-0.4, -0.2) is 24.1 Å². The van der Waals surface area contributed by atoms with Gasteiger partial charge >= 0.3 is 0 Å². The van der Waals surface area contributed by atoms with E-state index in [-0.39, 0.29) is 17.6 Å². The Balaban J connectivity index is 1.40. The number of carbonyl (C=O) groups excluding carboxylic acids is 2. The number of nitrogens with zero attached hydrogens (tertiary/aromatic N) is 1. The molecule has 0 radical (unpaired) electrons. The van der Waals surface area contributed by atoms with Crippen molar-refractivity contribution >= 4 is 29.3 Å². The minimum Gasteiger partial charge on any atom is -0.352 e. The first-order valence-corrected chi connectivity index (χ1v) is 9.65. The van der Waals surface area contributed by atoms with E-state index < -0.39 is 0 Å². The topological polar surface area (TPSA) is 49.4 Å². The second-order valence-corrected chi connectivity index (χ2v) is 7.31. The third kappa shape index (κ3) is 5.08. The van der Waals surface area contributed by atoms with Crippen LogP contribution >= 0.6 is 11.8 Å². The van der Waals surface area contributed by atoms with Gasteiger partial charge in [0.2, 0.25) is 11.8 Å². The molecule has 2 aromatic rings. The predicted molar refractivity (Wildman–Crippen MR) is 102 cm³/mol. The summed E-state index contributed by atoms with van der Waals surface area (Å²) in [7, 11) is 0. The Labute approximate surface area is 156 Å². The summed E-state index contributed by atoms with van der Waals surface area (Å²) in [5, 5.41) is 2.90. The van der Waals surface area contributed by atoms with Gasteiger partial charge in [-0.2, -0.15) is 0 Å². The Hall–Kier alpha value is -2.34. The molecule has 0 saturated carbocycles. The molecule has 4 nitrogen and oxygen atoms in total. The van der Waals surface area contributed by atoms with Crippen molar-refractivity contribution in [1.29, 1.82) is 0 Å². The summed E-state index contributed by atoms with van der Waals surface area (Å²) in [6, 6.07) is 14.0. The maximum atomic E-state index is 12.8. The van der Waals surface area contributed by atoms with E-state index in [1.54, 1.807) is 17.0 Å². The molecule has 0 unspecified atom stereocenters. The van der Waals surface area contributed by atoms with E-state index >= 15 is 0 Å². The van der Waals surface area contributed by atoms with Crippen molar-refractivity contribution in [1.82, 2.24) is 5.32 Å². The summed E-state index contributed by atoms with van der Waals surface area (Å²) in [4.78, 5) is 26.4. The number of hydrogen-bond acceptors (Lipinski definition) is 3. The lowest BCUT2D eigenvalue weighted by Crippen LogP contribution is -2.24. The van der Waals surface area contributed by atoms with Gasteiger partial charge in [0.1, 0.15) is 5.82 Å². The van der Waals surface area contributed by atoms with Crippen LogP contribution in [0.5, 0.6) is 0 Å². The van der Waals surface area contributed by atoms with E-state index in [0.717, 1.165) is 29.1 Å². The van der Waals surface area contributed by atoms with E-state index in [4.69, 9.17) is 0 Å². The van der Waals surface area contributed by atoms with Gasteiger partial charge in [0.05, 0.1) is 0 Å². The number of thioether (sulfide) groups is 1. The van der Waals surface area contributed by atoms with Crippen molar-refractivity contribution in [3.05, 3.63) is 59.9 Å². The second kappa shape index (κ2) is 8.85. The summed E-state index contributed by atoms with van der Waals surface area (Å²) < 4.78 is 12.8. The Morgan fingerprint density at radius 2 is 1.85 bits per heavy atom. The smallest absolute Gasteiger partial charge is 0.227 e. The number of hydrogen-bond donors (Lipinski definition) is 1. The van der Waals surface area contributed by atoms with Crippen LogP contribution in [0.1, 0.15) is 24.8 Å². The zero-order valence-corrected chi connectivity index (χ0v) is 15.2. The van der Waals surface area contributed by atoms with Crippen LogP contribution in [0.25, 0.3) is 0 Å². The van der Waals surface area contributed by atoms with E-state index in [0.29, 0.717) is 25.1 Å². The highest BCUT2D eigenvalue weighted by Gasteiger charge is 2.21. The van der Waals surface area contributed by atoms with Crippen LogP contribution < -0.4 is 10.2 Å². The number of halogens is 1. The van der Waals surface area contributed by atoms with E-state index in [1.807, 2.05) is 24.3 Å². The molecule has 0 aliphatic carbocycles. The molecule has 1 heterocycles. The van der Waals surface area contributed by atoms with E-state index in [9.17, 15) is 14.0 Å². The zero-order chi connectivity index (χ0) is 18.4.